The summed E-state index contributed by atoms with van der Waals surface area (Å²) in [6.07, 6.45) is 10.6. The molecule has 168 valence electrons. The van der Waals surface area contributed by atoms with Crippen molar-refractivity contribution in [1.29, 1.82) is 0 Å². The van der Waals surface area contributed by atoms with Crippen LogP contribution in [0.1, 0.15) is 76.5 Å². The smallest absolute Gasteiger partial charge is 0.226 e. The summed E-state index contributed by atoms with van der Waals surface area (Å²) >= 11 is 0. The molecular weight excluding hydrogens is 393 g/mol. The molecule has 1 aliphatic heterocycles. The molecule has 0 spiro atoms. The highest BCUT2D eigenvalue weighted by Crippen LogP contribution is 2.30. The third-order valence-corrected chi connectivity index (χ3v) is 6.61. The molecule has 2 heterocycles. The Morgan fingerprint density at radius 2 is 1.90 bits per heavy atom. The maximum Gasteiger partial charge on any atom is 0.226 e. The molecule has 2 aliphatic rings. The van der Waals surface area contributed by atoms with E-state index in [0.717, 1.165) is 38.1 Å². The van der Waals surface area contributed by atoms with E-state index in [2.05, 4.69) is 17.6 Å². The summed E-state index contributed by atoms with van der Waals surface area (Å²) in [6, 6.07) is 5.64. The fourth-order valence-corrected chi connectivity index (χ4v) is 4.87. The zero-order chi connectivity index (χ0) is 21.6. The SMILES string of the molecule is CC[C@@H](c1nc(NC2CCCCCC2)nc(-c2ccc(OC)c(F)c2)n1)C1CCCN1. The zero-order valence-electron chi connectivity index (χ0n) is 18.7. The van der Waals surface area contributed by atoms with Gasteiger partial charge in [0.2, 0.25) is 5.95 Å². The second-order valence-electron chi connectivity index (χ2n) is 8.74. The lowest BCUT2D eigenvalue weighted by Gasteiger charge is -2.23. The van der Waals surface area contributed by atoms with Crippen molar-refractivity contribution >= 4 is 5.95 Å². The van der Waals surface area contributed by atoms with E-state index in [1.54, 1.807) is 6.07 Å². The largest absolute Gasteiger partial charge is 0.494 e. The number of nitrogens with zero attached hydrogens (tertiary/aromatic N) is 3. The molecule has 6 nitrogen and oxygen atoms in total. The second kappa shape index (κ2) is 10.4. The van der Waals surface area contributed by atoms with Gasteiger partial charge in [-0.15, -0.1) is 0 Å². The van der Waals surface area contributed by atoms with Crippen molar-refractivity contribution in [3.05, 3.63) is 29.8 Å². The normalized spacial score (nSPS) is 20.9. The van der Waals surface area contributed by atoms with Gasteiger partial charge in [0.05, 0.1) is 7.11 Å². The predicted molar refractivity (Wildman–Crippen MR) is 121 cm³/mol. The fourth-order valence-electron chi connectivity index (χ4n) is 4.87. The Bertz CT molecular complexity index is 863. The van der Waals surface area contributed by atoms with Crippen LogP contribution < -0.4 is 15.4 Å². The van der Waals surface area contributed by atoms with Crippen molar-refractivity contribution in [2.45, 2.75) is 82.7 Å². The van der Waals surface area contributed by atoms with Gasteiger partial charge in [0.15, 0.2) is 17.4 Å². The Kier molecular flexibility index (Phi) is 7.33. The highest BCUT2D eigenvalue weighted by molar-refractivity contribution is 5.58. The van der Waals surface area contributed by atoms with Crippen LogP contribution in [0.25, 0.3) is 11.4 Å². The predicted octanol–water partition coefficient (Wildman–Crippen LogP) is 5.07. The van der Waals surface area contributed by atoms with Crippen LogP contribution in [-0.2, 0) is 0 Å². The molecule has 2 fully saturated rings. The first-order valence-corrected chi connectivity index (χ1v) is 11.8. The number of nitrogens with one attached hydrogen (secondary N) is 2. The van der Waals surface area contributed by atoms with Gasteiger partial charge in [0.25, 0.3) is 0 Å². The topological polar surface area (TPSA) is 72.0 Å². The molecule has 1 aromatic carbocycles. The molecule has 2 atom stereocenters. The second-order valence-corrected chi connectivity index (χ2v) is 8.74. The molecule has 1 saturated heterocycles. The van der Waals surface area contributed by atoms with Crippen molar-refractivity contribution in [3.63, 3.8) is 0 Å². The molecule has 1 saturated carbocycles. The van der Waals surface area contributed by atoms with E-state index in [-0.39, 0.29) is 11.7 Å². The van der Waals surface area contributed by atoms with Crippen LogP contribution >= 0.6 is 0 Å². The molecule has 4 rings (SSSR count). The third kappa shape index (κ3) is 5.32. The molecule has 0 radical (unpaired) electrons. The minimum absolute atomic E-state index is 0.210. The number of anilines is 1. The van der Waals surface area contributed by atoms with Gasteiger partial charge in [0, 0.05) is 23.6 Å². The molecule has 31 heavy (non-hydrogen) atoms. The van der Waals surface area contributed by atoms with Crippen LogP contribution in [-0.4, -0.2) is 40.7 Å². The van der Waals surface area contributed by atoms with Crippen LogP contribution in [0.4, 0.5) is 10.3 Å². The Morgan fingerprint density at radius 1 is 1.10 bits per heavy atom. The number of rotatable bonds is 7. The van der Waals surface area contributed by atoms with Gasteiger partial charge < -0.3 is 15.4 Å². The average Bonchev–Trinajstić information content (AvgIpc) is 3.18. The van der Waals surface area contributed by atoms with Gasteiger partial charge in [-0.25, -0.2) is 9.37 Å². The number of methoxy groups -OCH3 is 1. The fraction of sp³-hybridized carbons (Fsp3) is 0.625. The van der Waals surface area contributed by atoms with Crippen molar-refractivity contribution in [2.24, 2.45) is 0 Å². The first-order chi connectivity index (χ1) is 15.2. The molecular formula is C24H34FN5O. The number of aromatic nitrogens is 3. The van der Waals surface area contributed by atoms with E-state index in [9.17, 15) is 4.39 Å². The number of benzene rings is 1. The number of hydrogen-bond acceptors (Lipinski definition) is 6. The van der Waals surface area contributed by atoms with Crippen molar-refractivity contribution in [1.82, 2.24) is 20.3 Å². The number of halogens is 1. The molecule has 0 bridgehead atoms. The van der Waals surface area contributed by atoms with Crippen molar-refractivity contribution in [3.8, 4) is 17.1 Å². The van der Waals surface area contributed by atoms with Gasteiger partial charge in [0.1, 0.15) is 5.82 Å². The Hall–Kier alpha value is -2.28. The van der Waals surface area contributed by atoms with Gasteiger partial charge in [-0.3, -0.25) is 0 Å². The van der Waals surface area contributed by atoms with Crippen LogP contribution in [0.15, 0.2) is 18.2 Å². The van der Waals surface area contributed by atoms with Gasteiger partial charge >= 0.3 is 0 Å². The Morgan fingerprint density at radius 3 is 2.55 bits per heavy atom. The molecule has 1 aliphatic carbocycles. The number of ether oxygens (including phenoxy) is 1. The van der Waals surface area contributed by atoms with Crippen molar-refractivity contribution < 1.29 is 9.13 Å². The zero-order valence-corrected chi connectivity index (χ0v) is 18.7. The maximum absolute atomic E-state index is 14.4. The van der Waals surface area contributed by atoms with E-state index in [1.165, 1.54) is 45.3 Å². The minimum atomic E-state index is -0.412. The van der Waals surface area contributed by atoms with Gasteiger partial charge in [-0.1, -0.05) is 32.6 Å². The summed E-state index contributed by atoms with van der Waals surface area (Å²) in [5, 5.41) is 7.18. The highest BCUT2D eigenvalue weighted by atomic mass is 19.1. The summed E-state index contributed by atoms with van der Waals surface area (Å²) in [7, 11) is 1.47. The van der Waals surface area contributed by atoms with Crippen LogP contribution in [0, 0.1) is 5.82 Å². The molecule has 7 heteroatoms. The summed E-state index contributed by atoms with van der Waals surface area (Å²) in [5.41, 5.74) is 0.639. The highest BCUT2D eigenvalue weighted by Gasteiger charge is 2.28. The molecule has 1 unspecified atom stereocenters. The number of hydrogen-bond donors (Lipinski definition) is 2. The van der Waals surface area contributed by atoms with Crippen LogP contribution in [0.2, 0.25) is 0 Å². The molecule has 0 amide bonds. The van der Waals surface area contributed by atoms with E-state index in [0.29, 0.717) is 29.4 Å². The summed E-state index contributed by atoms with van der Waals surface area (Å²) < 4.78 is 19.5. The van der Waals surface area contributed by atoms with E-state index < -0.39 is 5.82 Å². The minimum Gasteiger partial charge on any atom is -0.494 e. The lowest BCUT2D eigenvalue weighted by Crippen LogP contribution is -2.30. The molecule has 1 aromatic heterocycles. The van der Waals surface area contributed by atoms with E-state index in [1.807, 2.05) is 6.07 Å². The van der Waals surface area contributed by atoms with E-state index >= 15 is 0 Å². The first-order valence-electron chi connectivity index (χ1n) is 11.8. The van der Waals surface area contributed by atoms with Crippen LogP contribution in [0.5, 0.6) is 5.75 Å². The van der Waals surface area contributed by atoms with Gasteiger partial charge in [-0.05, 0) is 56.8 Å². The standard InChI is InChI=1S/C24H34FN5O/c1-3-18(20-11-8-14-26-20)23-28-22(16-12-13-21(31-2)19(25)15-16)29-24(30-23)27-17-9-6-4-5-7-10-17/h12-13,15,17-18,20,26H,3-11,14H2,1-2H3,(H,27,28,29,30)/t18-,20?/m1/s1. The summed E-state index contributed by atoms with van der Waals surface area (Å²) in [5.74, 6) is 1.93. The Balaban J connectivity index is 1.69. The maximum atomic E-state index is 14.4. The summed E-state index contributed by atoms with van der Waals surface area (Å²) in [6.45, 7) is 3.22. The first kappa shape index (κ1) is 21.9. The molecule has 2 aromatic rings. The van der Waals surface area contributed by atoms with Crippen LogP contribution in [0.3, 0.4) is 0 Å². The van der Waals surface area contributed by atoms with Crippen molar-refractivity contribution in [2.75, 3.05) is 19.0 Å². The monoisotopic (exact) mass is 427 g/mol. The average molecular weight is 428 g/mol. The molecule has 2 N–H and O–H groups in total. The Labute approximate surface area is 184 Å². The summed E-state index contributed by atoms with van der Waals surface area (Å²) in [4.78, 5) is 14.4. The lowest BCUT2D eigenvalue weighted by molar-refractivity contribution is 0.386. The van der Waals surface area contributed by atoms with E-state index in [4.69, 9.17) is 19.7 Å². The van der Waals surface area contributed by atoms with Gasteiger partial charge in [-0.2, -0.15) is 9.97 Å². The lowest BCUT2D eigenvalue weighted by atomic mass is 9.94. The third-order valence-electron chi connectivity index (χ3n) is 6.61. The quantitative estimate of drug-likeness (QED) is 0.602.